The molecule has 0 aliphatic carbocycles. The van der Waals surface area contributed by atoms with E-state index in [9.17, 15) is 0 Å². The van der Waals surface area contributed by atoms with Crippen molar-refractivity contribution in [3.8, 4) is 33.6 Å². The van der Waals surface area contributed by atoms with Crippen LogP contribution in [0.4, 0.5) is 0 Å². The third-order valence-corrected chi connectivity index (χ3v) is 6.33. The van der Waals surface area contributed by atoms with Crippen molar-refractivity contribution in [3.05, 3.63) is 145 Å². The van der Waals surface area contributed by atoms with Crippen LogP contribution in [0.25, 0.3) is 44.4 Å². The molecule has 36 heavy (non-hydrogen) atoms. The molecule has 5 rings (SSSR count). The van der Waals surface area contributed by atoms with Crippen LogP contribution >= 0.6 is 0 Å². The number of allylic oxidation sites excluding steroid dienone is 5. The maximum atomic E-state index is 4.90. The fourth-order valence-electron chi connectivity index (χ4n) is 4.45. The van der Waals surface area contributed by atoms with Gasteiger partial charge < -0.3 is 0 Å². The number of nitrogens with zero attached hydrogens (tertiary/aromatic N) is 2. The second-order valence-electron chi connectivity index (χ2n) is 8.71. The predicted octanol–water partition coefficient (Wildman–Crippen LogP) is 8.78. The van der Waals surface area contributed by atoms with E-state index in [1.54, 1.807) is 6.08 Å². The van der Waals surface area contributed by atoms with E-state index in [0.29, 0.717) is 6.42 Å². The highest BCUT2D eigenvalue weighted by Gasteiger charge is 2.10. The van der Waals surface area contributed by atoms with Crippen LogP contribution in [0.3, 0.4) is 0 Å². The summed E-state index contributed by atoms with van der Waals surface area (Å²) in [5.41, 5.74) is 7.78. The van der Waals surface area contributed by atoms with Gasteiger partial charge in [0.15, 0.2) is 0 Å². The average Bonchev–Trinajstić information content (AvgIpc) is 2.94. The lowest BCUT2D eigenvalue weighted by molar-refractivity contribution is 0.998. The summed E-state index contributed by atoms with van der Waals surface area (Å²) in [6, 6.07) is 34.0. The SMILES string of the molecule is C=C/C=C\C=C/Cc1nc(-c2ccccc2)cc(-c2ccc(-c3ccc4ccccc4c3C)cc2)n1. The topological polar surface area (TPSA) is 25.8 Å². The summed E-state index contributed by atoms with van der Waals surface area (Å²) in [6.45, 7) is 5.91. The number of aromatic nitrogens is 2. The normalized spacial score (nSPS) is 11.5. The fourth-order valence-corrected chi connectivity index (χ4v) is 4.45. The molecule has 0 spiro atoms. The van der Waals surface area contributed by atoms with Crippen molar-refractivity contribution in [2.75, 3.05) is 0 Å². The zero-order valence-corrected chi connectivity index (χ0v) is 20.4. The molecule has 1 aromatic heterocycles. The van der Waals surface area contributed by atoms with Crippen LogP contribution in [0.5, 0.6) is 0 Å². The smallest absolute Gasteiger partial charge is 0.133 e. The van der Waals surface area contributed by atoms with E-state index in [2.05, 4.69) is 98.4 Å². The van der Waals surface area contributed by atoms with Crippen LogP contribution in [0.2, 0.25) is 0 Å². The molecule has 174 valence electrons. The minimum atomic E-state index is 0.656. The van der Waals surface area contributed by atoms with Gasteiger partial charge in [-0.1, -0.05) is 128 Å². The number of hydrogen-bond acceptors (Lipinski definition) is 2. The Morgan fingerprint density at radius 2 is 1.33 bits per heavy atom. The molecule has 0 saturated heterocycles. The van der Waals surface area contributed by atoms with Crippen LogP contribution in [-0.4, -0.2) is 9.97 Å². The average molecular weight is 465 g/mol. The van der Waals surface area contributed by atoms with Gasteiger partial charge in [0.25, 0.3) is 0 Å². The molecule has 0 amide bonds. The van der Waals surface area contributed by atoms with E-state index in [-0.39, 0.29) is 0 Å². The third kappa shape index (κ3) is 5.08. The Morgan fingerprint density at radius 3 is 2.08 bits per heavy atom. The highest BCUT2D eigenvalue weighted by molar-refractivity contribution is 5.91. The van der Waals surface area contributed by atoms with Gasteiger partial charge >= 0.3 is 0 Å². The molecule has 4 aromatic carbocycles. The fraction of sp³-hybridized carbons (Fsp3) is 0.0588. The van der Waals surface area contributed by atoms with Gasteiger partial charge in [0, 0.05) is 17.5 Å². The maximum absolute atomic E-state index is 4.90. The number of rotatable bonds is 7. The molecular formula is C34H28N2. The molecule has 0 aliphatic rings. The highest BCUT2D eigenvalue weighted by atomic mass is 14.9. The second kappa shape index (κ2) is 10.8. The van der Waals surface area contributed by atoms with Crippen molar-refractivity contribution in [2.24, 2.45) is 0 Å². The Bertz CT molecular complexity index is 1560. The maximum Gasteiger partial charge on any atom is 0.133 e. The quantitative estimate of drug-likeness (QED) is 0.225. The number of hydrogen-bond donors (Lipinski definition) is 0. The molecule has 0 aliphatic heterocycles. The van der Waals surface area contributed by atoms with E-state index in [1.165, 1.54) is 27.5 Å². The summed E-state index contributed by atoms with van der Waals surface area (Å²) in [5.74, 6) is 0.795. The third-order valence-electron chi connectivity index (χ3n) is 6.33. The molecule has 0 saturated carbocycles. The molecule has 1 heterocycles. The molecule has 0 bridgehead atoms. The van der Waals surface area contributed by atoms with E-state index in [4.69, 9.17) is 9.97 Å². The lowest BCUT2D eigenvalue weighted by Gasteiger charge is -2.11. The monoisotopic (exact) mass is 464 g/mol. The van der Waals surface area contributed by atoms with Crippen LogP contribution in [0.15, 0.2) is 134 Å². The summed E-state index contributed by atoms with van der Waals surface area (Å²) in [7, 11) is 0. The molecule has 0 atom stereocenters. The van der Waals surface area contributed by atoms with E-state index in [1.807, 2.05) is 36.4 Å². The second-order valence-corrected chi connectivity index (χ2v) is 8.71. The van der Waals surface area contributed by atoms with Crippen molar-refractivity contribution in [1.82, 2.24) is 9.97 Å². The first-order valence-corrected chi connectivity index (χ1v) is 12.2. The van der Waals surface area contributed by atoms with Crippen LogP contribution < -0.4 is 0 Å². The summed E-state index contributed by atoms with van der Waals surface area (Å²) in [6.07, 6.45) is 10.4. The zero-order valence-electron chi connectivity index (χ0n) is 20.4. The van der Waals surface area contributed by atoms with Gasteiger partial charge in [-0.2, -0.15) is 0 Å². The summed E-state index contributed by atoms with van der Waals surface area (Å²) < 4.78 is 0. The zero-order chi connectivity index (χ0) is 24.7. The van der Waals surface area contributed by atoms with Gasteiger partial charge in [-0.05, 0) is 40.5 Å². The molecular weight excluding hydrogens is 436 g/mol. The molecule has 0 unspecified atom stereocenters. The van der Waals surface area contributed by atoms with Gasteiger partial charge in [-0.3, -0.25) is 0 Å². The molecule has 0 radical (unpaired) electrons. The molecule has 0 fully saturated rings. The van der Waals surface area contributed by atoms with E-state index in [0.717, 1.165) is 28.3 Å². The van der Waals surface area contributed by atoms with Crippen LogP contribution in [0, 0.1) is 6.92 Å². The molecule has 2 heteroatoms. The van der Waals surface area contributed by atoms with Crippen molar-refractivity contribution in [1.29, 1.82) is 0 Å². The van der Waals surface area contributed by atoms with Crippen molar-refractivity contribution in [2.45, 2.75) is 13.3 Å². The van der Waals surface area contributed by atoms with Gasteiger partial charge in [-0.15, -0.1) is 0 Å². The lowest BCUT2D eigenvalue weighted by atomic mass is 9.94. The summed E-state index contributed by atoms with van der Waals surface area (Å²) in [5, 5.41) is 2.56. The first kappa shape index (κ1) is 23.2. The minimum absolute atomic E-state index is 0.656. The highest BCUT2D eigenvalue weighted by Crippen LogP contribution is 2.31. The Morgan fingerprint density at radius 1 is 0.667 bits per heavy atom. The Kier molecular flexibility index (Phi) is 6.95. The van der Waals surface area contributed by atoms with E-state index >= 15 is 0 Å². The van der Waals surface area contributed by atoms with Gasteiger partial charge in [0.1, 0.15) is 5.82 Å². The lowest BCUT2D eigenvalue weighted by Crippen LogP contribution is -1.98. The number of fused-ring (bicyclic) bond motifs is 1. The number of aryl methyl sites for hydroxylation is 1. The Balaban J connectivity index is 1.50. The van der Waals surface area contributed by atoms with Crippen LogP contribution in [-0.2, 0) is 6.42 Å². The Labute approximate surface area is 213 Å². The van der Waals surface area contributed by atoms with Crippen molar-refractivity contribution < 1.29 is 0 Å². The van der Waals surface area contributed by atoms with Crippen molar-refractivity contribution in [3.63, 3.8) is 0 Å². The minimum Gasteiger partial charge on any atom is -0.233 e. The van der Waals surface area contributed by atoms with E-state index < -0.39 is 0 Å². The predicted molar refractivity (Wildman–Crippen MR) is 153 cm³/mol. The summed E-state index contributed by atoms with van der Waals surface area (Å²) >= 11 is 0. The number of benzene rings is 4. The molecule has 5 aromatic rings. The first-order valence-electron chi connectivity index (χ1n) is 12.2. The molecule has 0 N–H and O–H groups in total. The Hall–Kier alpha value is -4.56. The standard InChI is InChI=1S/C34H28N2/c1-3-4-5-6-10-17-34-35-32(28-14-8-7-9-15-28)24-33(36-34)29-20-18-27(19-21-29)31-23-22-26-13-11-12-16-30(26)25(31)2/h3-16,18-24H,1,17H2,2H3/b5-4-,10-6-. The summed E-state index contributed by atoms with van der Waals surface area (Å²) in [4.78, 5) is 9.75. The largest absolute Gasteiger partial charge is 0.233 e. The first-order chi connectivity index (χ1) is 17.7. The van der Waals surface area contributed by atoms with Crippen molar-refractivity contribution >= 4 is 10.8 Å². The van der Waals surface area contributed by atoms with Gasteiger partial charge in [0.2, 0.25) is 0 Å². The van der Waals surface area contributed by atoms with Gasteiger partial charge in [0.05, 0.1) is 11.4 Å². The molecule has 2 nitrogen and oxygen atoms in total. The van der Waals surface area contributed by atoms with Gasteiger partial charge in [-0.25, -0.2) is 9.97 Å². The van der Waals surface area contributed by atoms with Crippen LogP contribution in [0.1, 0.15) is 11.4 Å².